The van der Waals surface area contributed by atoms with Gasteiger partial charge in [-0.1, -0.05) is 6.42 Å². The summed E-state index contributed by atoms with van der Waals surface area (Å²) in [4.78, 5) is 14.5. The molecule has 2 aliphatic carbocycles. The molecule has 5 nitrogen and oxygen atoms in total. The van der Waals surface area contributed by atoms with Crippen molar-refractivity contribution in [2.45, 2.75) is 44.9 Å². The molecule has 22 heavy (non-hydrogen) atoms. The number of carbonyl (C=O) groups excluding carboxylic acids is 1. The third-order valence-electron chi connectivity index (χ3n) is 5.83. The van der Waals surface area contributed by atoms with Gasteiger partial charge in [-0.05, 0) is 55.8 Å². The molecule has 3 rings (SSSR count). The molecule has 1 N–H and O–H groups in total. The Morgan fingerprint density at radius 2 is 2.05 bits per heavy atom. The summed E-state index contributed by atoms with van der Waals surface area (Å²) in [6.45, 7) is 2.01. The van der Waals surface area contributed by atoms with Crippen molar-refractivity contribution in [2.24, 2.45) is 23.7 Å². The summed E-state index contributed by atoms with van der Waals surface area (Å²) in [7, 11) is -3.14. The highest BCUT2D eigenvalue weighted by molar-refractivity contribution is 7.88. The van der Waals surface area contributed by atoms with Crippen LogP contribution in [0.4, 0.5) is 0 Å². The van der Waals surface area contributed by atoms with Gasteiger partial charge in [0.1, 0.15) is 0 Å². The summed E-state index contributed by atoms with van der Waals surface area (Å²) in [5, 5.41) is 0. The number of nitrogens with one attached hydrogen (secondary N) is 1. The molecule has 2 saturated carbocycles. The fourth-order valence-corrected chi connectivity index (χ4v) is 5.25. The van der Waals surface area contributed by atoms with E-state index < -0.39 is 10.0 Å². The van der Waals surface area contributed by atoms with Crippen LogP contribution in [0, 0.1) is 23.7 Å². The lowest BCUT2D eigenvalue weighted by molar-refractivity contribution is -0.134. The van der Waals surface area contributed by atoms with Crippen LogP contribution in [0.25, 0.3) is 0 Å². The van der Waals surface area contributed by atoms with E-state index in [2.05, 4.69) is 4.72 Å². The number of sulfonamides is 1. The van der Waals surface area contributed by atoms with Crippen LogP contribution in [0.1, 0.15) is 44.9 Å². The first-order valence-corrected chi connectivity index (χ1v) is 10.5. The van der Waals surface area contributed by atoms with Gasteiger partial charge < -0.3 is 4.90 Å². The van der Waals surface area contributed by atoms with E-state index in [1.165, 1.54) is 31.9 Å². The molecule has 1 aliphatic heterocycles. The van der Waals surface area contributed by atoms with Gasteiger partial charge in [0, 0.05) is 26.1 Å². The van der Waals surface area contributed by atoms with Gasteiger partial charge in [-0.2, -0.15) is 0 Å². The van der Waals surface area contributed by atoms with E-state index in [4.69, 9.17) is 0 Å². The summed E-state index contributed by atoms with van der Waals surface area (Å²) in [5.74, 6) is 2.84. The van der Waals surface area contributed by atoms with E-state index in [0.29, 0.717) is 31.3 Å². The fraction of sp³-hybridized carbons (Fsp3) is 0.938. The number of nitrogens with zero attached hydrogens (tertiary/aromatic N) is 1. The number of piperidine rings is 1. The van der Waals surface area contributed by atoms with Crippen molar-refractivity contribution in [3.63, 3.8) is 0 Å². The first-order valence-electron chi connectivity index (χ1n) is 8.63. The molecule has 0 aromatic heterocycles. The first-order chi connectivity index (χ1) is 10.4. The highest BCUT2D eigenvalue weighted by Gasteiger charge is 2.40. The predicted octanol–water partition coefficient (Wildman–Crippen LogP) is 1.60. The topological polar surface area (TPSA) is 66.5 Å². The smallest absolute Gasteiger partial charge is 0.222 e. The number of fused-ring (bicyclic) bond motifs is 2. The van der Waals surface area contributed by atoms with Crippen LogP contribution in [-0.4, -0.2) is 45.1 Å². The molecule has 6 heteroatoms. The Hall–Kier alpha value is -0.620. The second kappa shape index (κ2) is 6.48. The molecular weight excluding hydrogens is 300 g/mol. The van der Waals surface area contributed by atoms with Crippen molar-refractivity contribution < 1.29 is 13.2 Å². The molecule has 4 atom stereocenters. The van der Waals surface area contributed by atoms with Gasteiger partial charge in [-0.15, -0.1) is 0 Å². The Balaban J connectivity index is 1.48. The number of carbonyl (C=O) groups is 1. The highest BCUT2D eigenvalue weighted by atomic mass is 32.2. The van der Waals surface area contributed by atoms with Crippen LogP contribution >= 0.6 is 0 Å². The van der Waals surface area contributed by atoms with Gasteiger partial charge in [0.05, 0.1) is 6.26 Å². The van der Waals surface area contributed by atoms with Crippen LogP contribution < -0.4 is 4.72 Å². The molecule has 1 amide bonds. The Morgan fingerprint density at radius 1 is 1.23 bits per heavy atom. The molecular formula is C16H28N2O3S. The SMILES string of the molecule is CS(=O)(=O)NCC1CCCN(C(=O)CC2CC3CCC2C3)C1. The molecule has 1 heterocycles. The third kappa shape index (κ3) is 4.02. The summed E-state index contributed by atoms with van der Waals surface area (Å²) < 4.78 is 25.0. The van der Waals surface area contributed by atoms with Crippen molar-refractivity contribution in [3.8, 4) is 0 Å². The second-order valence-corrected chi connectivity index (χ2v) is 9.44. The van der Waals surface area contributed by atoms with E-state index in [1.54, 1.807) is 0 Å². The minimum absolute atomic E-state index is 0.257. The molecule has 4 unspecified atom stereocenters. The van der Waals surface area contributed by atoms with Crippen LogP contribution in [0.3, 0.4) is 0 Å². The number of amides is 1. The normalized spacial score (nSPS) is 35.0. The zero-order chi connectivity index (χ0) is 15.7. The molecule has 126 valence electrons. The quantitative estimate of drug-likeness (QED) is 0.833. The molecule has 0 spiro atoms. The van der Waals surface area contributed by atoms with Crippen molar-refractivity contribution >= 4 is 15.9 Å². The van der Waals surface area contributed by atoms with Gasteiger partial charge >= 0.3 is 0 Å². The maximum absolute atomic E-state index is 12.6. The lowest BCUT2D eigenvalue weighted by atomic mass is 9.86. The van der Waals surface area contributed by atoms with Gasteiger partial charge in [0.25, 0.3) is 0 Å². The van der Waals surface area contributed by atoms with Crippen LogP contribution in [0.5, 0.6) is 0 Å². The number of likely N-dealkylation sites (tertiary alicyclic amines) is 1. The fourth-order valence-electron chi connectivity index (χ4n) is 4.71. The molecule has 0 aromatic rings. The van der Waals surface area contributed by atoms with Crippen LogP contribution in [-0.2, 0) is 14.8 Å². The van der Waals surface area contributed by atoms with E-state index >= 15 is 0 Å². The van der Waals surface area contributed by atoms with Crippen molar-refractivity contribution in [1.29, 1.82) is 0 Å². The minimum atomic E-state index is -3.14. The van der Waals surface area contributed by atoms with E-state index in [-0.39, 0.29) is 5.92 Å². The average Bonchev–Trinajstić information content (AvgIpc) is 3.07. The van der Waals surface area contributed by atoms with Gasteiger partial charge in [0.2, 0.25) is 15.9 Å². The molecule has 0 aromatic carbocycles. The van der Waals surface area contributed by atoms with Crippen molar-refractivity contribution in [1.82, 2.24) is 9.62 Å². The van der Waals surface area contributed by atoms with Gasteiger partial charge in [0.15, 0.2) is 0 Å². The maximum atomic E-state index is 12.6. The molecule has 2 bridgehead atoms. The number of hydrogen-bond donors (Lipinski definition) is 1. The minimum Gasteiger partial charge on any atom is -0.342 e. The van der Waals surface area contributed by atoms with Crippen molar-refractivity contribution in [2.75, 3.05) is 25.9 Å². The number of rotatable bonds is 5. The van der Waals surface area contributed by atoms with Crippen LogP contribution in [0.2, 0.25) is 0 Å². The zero-order valence-electron chi connectivity index (χ0n) is 13.5. The summed E-state index contributed by atoms with van der Waals surface area (Å²) in [5.41, 5.74) is 0. The summed E-state index contributed by atoms with van der Waals surface area (Å²) >= 11 is 0. The summed E-state index contributed by atoms with van der Waals surface area (Å²) in [6, 6.07) is 0. The Bertz CT molecular complexity index is 519. The highest BCUT2D eigenvalue weighted by Crippen LogP contribution is 2.49. The molecule has 3 fully saturated rings. The van der Waals surface area contributed by atoms with E-state index in [0.717, 1.165) is 31.2 Å². The van der Waals surface area contributed by atoms with E-state index in [9.17, 15) is 13.2 Å². The Morgan fingerprint density at radius 3 is 2.68 bits per heavy atom. The Kier molecular flexibility index (Phi) is 4.78. The monoisotopic (exact) mass is 328 g/mol. The lowest BCUT2D eigenvalue weighted by Crippen LogP contribution is -2.44. The Labute approximate surface area is 133 Å². The molecule has 3 aliphatic rings. The van der Waals surface area contributed by atoms with Gasteiger partial charge in [-0.3, -0.25) is 4.79 Å². The summed E-state index contributed by atoms with van der Waals surface area (Å²) in [6.07, 6.45) is 9.18. The van der Waals surface area contributed by atoms with Crippen molar-refractivity contribution in [3.05, 3.63) is 0 Å². The average molecular weight is 328 g/mol. The third-order valence-corrected chi connectivity index (χ3v) is 6.52. The predicted molar refractivity (Wildman–Crippen MR) is 85.7 cm³/mol. The second-order valence-electron chi connectivity index (χ2n) is 7.61. The van der Waals surface area contributed by atoms with Crippen LogP contribution in [0.15, 0.2) is 0 Å². The molecule has 1 saturated heterocycles. The van der Waals surface area contributed by atoms with Gasteiger partial charge in [-0.25, -0.2) is 13.1 Å². The maximum Gasteiger partial charge on any atom is 0.222 e. The standard InChI is InChI=1S/C16H28N2O3S/c1-22(20,21)17-10-13-3-2-6-18(11-13)16(19)9-15-8-12-4-5-14(15)7-12/h12-15,17H,2-11H2,1H3. The first kappa shape index (κ1) is 16.2. The largest absolute Gasteiger partial charge is 0.342 e. The van der Waals surface area contributed by atoms with E-state index in [1.807, 2.05) is 4.90 Å². The molecule has 0 radical (unpaired) electrons. The zero-order valence-corrected chi connectivity index (χ0v) is 14.3. The number of hydrogen-bond acceptors (Lipinski definition) is 3. The lowest BCUT2D eigenvalue weighted by Gasteiger charge is -2.34.